The number of hydrogen-bond acceptors (Lipinski definition) is 2. The SMILES string of the molecule is Cc1ccc(I)cc1NS(=O)(=O)C(C)C. The lowest BCUT2D eigenvalue weighted by Crippen LogP contribution is -2.22. The Balaban J connectivity index is 3.05. The van der Waals surface area contributed by atoms with Gasteiger partial charge in [0.25, 0.3) is 0 Å². The van der Waals surface area contributed by atoms with Crippen LogP contribution in [0.2, 0.25) is 0 Å². The lowest BCUT2D eigenvalue weighted by Gasteiger charge is -2.13. The van der Waals surface area contributed by atoms with E-state index in [4.69, 9.17) is 0 Å². The van der Waals surface area contributed by atoms with Crippen molar-refractivity contribution in [2.75, 3.05) is 4.72 Å². The summed E-state index contributed by atoms with van der Waals surface area (Å²) in [7, 11) is -3.24. The third-order valence-electron chi connectivity index (χ3n) is 2.07. The van der Waals surface area contributed by atoms with Gasteiger partial charge in [-0.2, -0.15) is 0 Å². The zero-order valence-electron chi connectivity index (χ0n) is 8.91. The Morgan fingerprint density at radius 3 is 2.47 bits per heavy atom. The monoisotopic (exact) mass is 339 g/mol. The highest BCUT2D eigenvalue weighted by Crippen LogP contribution is 2.20. The van der Waals surface area contributed by atoms with E-state index in [0.29, 0.717) is 5.69 Å². The number of sulfonamides is 1. The van der Waals surface area contributed by atoms with Crippen LogP contribution in [-0.2, 0) is 10.0 Å². The molecule has 0 saturated carbocycles. The minimum Gasteiger partial charge on any atom is -0.283 e. The van der Waals surface area contributed by atoms with Gasteiger partial charge in [0, 0.05) is 3.57 Å². The summed E-state index contributed by atoms with van der Waals surface area (Å²) in [6.07, 6.45) is 0. The van der Waals surface area contributed by atoms with Crippen LogP contribution >= 0.6 is 22.6 Å². The molecule has 84 valence electrons. The molecular weight excluding hydrogens is 325 g/mol. The van der Waals surface area contributed by atoms with Crippen LogP contribution in [0.3, 0.4) is 0 Å². The first kappa shape index (κ1) is 12.8. The van der Waals surface area contributed by atoms with Gasteiger partial charge in [0.15, 0.2) is 0 Å². The van der Waals surface area contributed by atoms with Crippen LogP contribution in [0.4, 0.5) is 5.69 Å². The van der Waals surface area contributed by atoms with Crippen molar-refractivity contribution >= 4 is 38.3 Å². The largest absolute Gasteiger partial charge is 0.283 e. The number of aryl methyl sites for hydroxylation is 1. The van der Waals surface area contributed by atoms with E-state index in [9.17, 15) is 8.42 Å². The Kier molecular flexibility index (Phi) is 3.99. The highest BCUT2D eigenvalue weighted by molar-refractivity contribution is 14.1. The minimum absolute atomic E-state index is 0.422. The summed E-state index contributed by atoms with van der Waals surface area (Å²) in [6.45, 7) is 5.20. The van der Waals surface area contributed by atoms with E-state index in [1.54, 1.807) is 13.8 Å². The summed E-state index contributed by atoms with van der Waals surface area (Å²) in [6, 6.07) is 5.68. The van der Waals surface area contributed by atoms with E-state index in [0.717, 1.165) is 9.13 Å². The van der Waals surface area contributed by atoms with E-state index in [1.807, 2.05) is 25.1 Å². The predicted octanol–water partition coefficient (Wildman–Crippen LogP) is 2.75. The molecule has 0 radical (unpaired) electrons. The van der Waals surface area contributed by atoms with Crippen LogP contribution in [0.1, 0.15) is 19.4 Å². The molecule has 1 aromatic carbocycles. The van der Waals surface area contributed by atoms with Crippen molar-refractivity contribution in [3.05, 3.63) is 27.3 Å². The summed E-state index contributed by atoms with van der Waals surface area (Å²) in [5, 5.41) is -0.422. The van der Waals surface area contributed by atoms with Crippen molar-refractivity contribution in [1.29, 1.82) is 0 Å². The molecule has 0 aromatic heterocycles. The number of benzene rings is 1. The highest BCUT2D eigenvalue weighted by Gasteiger charge is 2.16. The Labute approximate surface area is 104 Å². The molecule has 0 aliphatic rings. The zero-order valence-corrected chi connectivity index (χ0v) is 11.9. The molecule has 0 fully saturated rings. The van der Waals surface area contributed by atoms with E-state index in [-0.39, 0.29) is 0 Å². The first-order valence-corrected chi connectivity index (χ1v) is 7.23. The van der Waals surface area contributed by atoms with Crippen molar-refractivity contribution in [2.45, 2.75) is 26.0 Å². The predicted molar refractivity (Wildman–Crippen MR) is 71.6 cm³/mol. The van der Waals surface area contributed by atoms with Crippen LogP contribution in [0, 0.1) is 10.5 Å². The van der Waals surface area contributed by atoms with Gasteiger partial charge in [-0.05, 0) is 61.1 Å². The van der Waals surface area contributed by atoms with Gasteiger partial charge < -0.3 is 0 Å². The smallest absolute Gasteiger partial charge is 0.235 e. The lowest BCUT2D eigenvalue weighted by atomic mass is 10.2. The Hall–Kier alpha value is -0.300. The first-order valence-electron chi connectivity index (χ1n) is 4.60. The molecule has 0 aliphatic carbocycles. The van der Waals surface area contributed by atoms with E-state index >= 15 is 0 Å². The quantitative estimate of drug-likeness (QED) is 0.861. The second-order valence-corrected chi connectivity index (χ2v) is 7.14. The molecule has 15 heavy (non-hydrogen) atoms. The van der Waals surface area contributed by atoms with E-state index in [2.05, 4.69) is 27.3 Å². The van der Waals surface area contributed by atoms with Gasteiger partial charge in [-0.1, -0.05) is 6.07 Å². The fourth-order valence-electron chi connectivity index (χ4n) is 0.975. The van der Waals surface area contributed by atoms with Crippen molar-refractivity contribution < 1.29 is 8.42 Å². The lowest BCUT2D eigenvalue weighted by molar-refractivity contribution is 0.592. The van der Waals surface area contributed by atoms with E-state index < -0.39 is 15.3 Å². The molecule has 0 spiro atoms. The van der Waals surface area contributed by atoms with Crippen molar-refractivity contribution in [2.24, 2.45) is 0 Å². The maximum Gasteiger partial charge on any atom is 0.235 e. The Morgan fingerprint density at radius 2 is 1.93 bits per heavy atom. The molecule has 5 heteroatoms. The number of anilines is 1. The summed E-state index contributed by atoms with van der Waals surface area (Å²) < 4.78 is 26.9. The molecule has 0 unspecified atom stereocenters. The first-order chi connectivity index (χ1) is 6.83. The van der Waals surface area contributed by atoms with E-state index in [1.165, 1.54) is 0 Å². The summed E-state index contributed by atoms with van der Waals surface area (Å²) in [4.78, 5) is 0. The standard InChI is InChI=1S/C10H14INO2S/c1-7(2)15(13,14)12-10-6-9(11)5-4-8(10)3/h4-7,12H,1-3H3. The average Bonchev–Trinajstić information content (AvgIpc) is 2.10. The van der Waals surface area contributed by atoms with Gasteiger partial charge in [0.05, 0.1) is 10.9 Å². The van der Waals surface area contributed by atoms with Gasteiger partial charge in [0.1, 0.15) is 0 Å². The van der Waals surface area contributed by atoms with Gasteiger partial charge in [-0.25, -0.2) is 8.42 Å². The molecule has 1 aromatic rings. The normalized spacial score (nSPS) is 11.8. The molecule has 3 nitrogen and oxygen atoms in total. The summed E-state index contributed by atoms with van der Waals surface area (Å²) >= 11 is 2.16. The third kappa shape index (κ3) is 3.34. The number of rotatable bonds is 3. The van der Waals surface area contributed by atoms with Crippen molar-refractivity contribution in [3.63, 3.8) is 0 Å². The van der Waals surface area contributed by atoms with Crippen LogP contribution in [-0.4, -0.2) is 13.7 Å². The van der Waals surface area contributed by atoms with Crippen LogP contribution in [0.25, 0.3) is 0 Å². The summed E-state index contributed by atoms with van der Waals surface area (Å²) in [5.41, 5.74) is 1.59. The number of halogens is 1. The molecule has 0 amide bonds. The maximum atomic E-state index is 11.6. The second-order valence-electron chi connectivity index (χ2n) is 3.66. The number of nitrogens with one attached hydrogen (secondary N) is 1. The molecular formula is C10H14INO2S. The molecule has 1 N–H and O–H groups in total. The van der Waals surface area contributed by atoms with Crippen LogP contribution in [0.15, 0.2) is 18.2 Å². The highest BCUT2D eigenvalue weighted by atomic mass is 127. The molecule has 0 bridgehead atoms. The zero-order chi connectivity index (χ0) is 11.6. The van der Waals surface area contributed by atoms with Crippen molar-refractivity contribution in [3.8, 4) is 0 Å². The van der Waals surface area contributed by atoms with Gasteiger partial charge >= 0.3 is 0 Å². The average molecular weight is 339 g/mol. The molecule has 0 saturated heterocycles. The van der Waals surface area contributed by atoms with Gasteiger partial charge in [-0.3, -0.25) is 4.72 Å². The van der Waals surface area contributed by atoms with Crippen LogP contribution < -0.4 is 4.72 Å². The maximum absolute atomic E-state index is 11.6. The second kappa shape index (κ2) is 4.69. The summed E-state index contributed by atoms with van der Waals surface area (Å²) in [5.74, 6) is 0. The number of hydrogen-bond donors (Lipinski definition) is 1. The fraction of sp³-hybridized carbons (Fsp3) is 0.400. The van der Waals surface area contributed by atoms with Gasteiger partial charge in [0.2, 0.25) is 10.0 Å². The Bertz CT molecular complexity index is 454. The third-order valence-corrected chi connectivity index (χ3v) is 4.49. The molecule has 0 atom stereocenters. The minimum atomic E-state index is -3.24. The molecule has 0 heterocycles. The van der Waals surface area contributed by atoms with Crippen molar-refractivity contribution in [1.82, 2.24) is 0 Å². The van der Waals surface area contributed by atoms with Crippen LogP contribution in [0.5, 0.6) is 0 Å². The van der Waals surface area contributed by atoms with Gasteiger partial charge in [-0.15, -0.1) is 0 Å². The molecule has 0 aliphatic heterocycles. The Morgan fingerprint density at radius 1 is 1.33 bits per heavy atom. The molecule has 1 rings (SSSR count). The fourth-order valence-corrected chi connectivity index (χ4v) is 2.23. The topological polar surface area (TPSA) is 46.2 Å².